The number of hydrogen-bond acceptors (Lipinski definition) is 3. The molecule has 41 heavy (non-hydrogen) atoms. The Balaban J connectivity index is 1.37. The molecule has 4 unspecified atom stereocenters. The topological polar surface area (TPSA) is 34.3 Å². The summed E-state index contributed by atoms with van der Waals surface area (Å²) in [5.74, 6) is 1.37. The van der Waals surface area contributed by atoms with Crippen LogP contribution in [0.3, 0.4) is 0 Å². The fourth-order valence-corrected chi connectivity index (χ4v) is 8.92. The molecular weight excluding hydrogens is 504 g/mol. The second-order valence-electron chi connectivity index (χ2n) is 14.8. The Labute approximate surface area is 256 Å². The van der Waals surface area contributed by atoms with E-state index in [4.69, 9.17) is 14.2 Å². The van der Waals surface area contributed by atoms with E-state index in [-0.39, 0.29) is 11.2 Å². The van der Waals surface area contributed by atoms with Crippen LogP contribution in [0, 0.1) is 11.8 Å². The minimum atomic E-state index is -0.0640. The highest BCUT2D eigenvalue weighted by Gasteiger charge is 2.62. The van der Waals surface area contributed by atoms with E-state index in [1.54, 1.807) is 0 Å². The Morgan fingerprint density at radius 1 is 0.463 bits per heavy atom. The highest BCUT2D eigenvalue weighted by molar-refractivity contribution is 5.09. The Hall–Kier alpha value is -0.120. The molecule has 0 radical (unpaired) electrons. The first kappa shape index (κ1) is 33.8. The van der Waals surface area contributed by atoms with Crippen molar-refractivity contribution in [1.82, 2.24) is 0 Å². The molecule has 2 aliphatic heterocycles. The van der Waals surface area contributed by atoms with Crippen molar-refractivity contribution in [3.8, 4) is 0 Å². The molecule has 4 aliphatic rings. The fraction of sp³-hybridized carbons (Fsp3) is 1.00. The zero-order valence-corrected chi connectivity index (χ0v) is 27.7. The second-order valence-corrected chi connectivity index (χ2v) is 14.8. The largest absolute Gasteiger partial charge is 0.370 e. The first-order valence-electron chi connectivity index (χ1n) is 19.2. The minimum absolute atomic E-state index is 0.0640. The third kappa shape index (κ3) is 10.5. The van der Waals surface area contributed by atoms with E-state index in [1.165, 1.54) is 180 Å². The zero-order chi connectivity index (χ0) is 28.6. The Kier molecular flexibility index (Phi) is 15.3. The van der Waals surface area contributed by atoms with Crippen LogP contribution in [0.2, 0.25) is 0 Å². The summed E-state index contributed by atoms with van der Waals surface area (Å²) in [6.45, 7) is 6.49. The maximum absolute atomic E-state index is 7.94. The summed E-state index contributed by atoms with van der Waals surface area (Å²) >= 11 is 0. The van der Waals surface area contributed by atoms with Crippen molar-refractivity contribution in [2.45, 2.75) is 217 Å². The SMILES string of the molecule is CCCCCCCCCCCC(OC(CCCCCCCCCCC)(C1CCCC1)C1CO1)(C1CCCC1)C1CO1. The average Bonchev–Trinajstić information content (AvgIpc) is 3.91. The summed E-state index contributed by atoms with van der Waals surface area (Å²) in [6, 6.07) is 0. The number of hydrogen-bond donors (Lipinski definition) is 0. The highest BCUT2D eigenvalue weighted by atomic mass is 16.6. The van der Waals surface area contributed by atoms with Gasteiger partial charge >= 0.3 is 0 Å². The van der Waals surface area contributed by atoms with E-state index in [0.717, 1.165) is 13.2 Å². The molecule has 2 saturated carbocycles. The summed E-state index contributed by atoms with van der Waals surface area (Å²) in [5, 5.41) is 0. The predicted molar refractivity (Wildman–Crippen MR) is 174 cm³/mol. The Morgan fingerprint density at radius 2 is 0.756 bits per heavy atom. The standard InChI is InChI=1S/C38H70O3/c1-3-5-7-9-11-13-15-17-23-29-37(35-31-39-35,33-25-19-20-26-33)41-38(36-32-40-36,34-27-21-22-28-34)30-24-18-16-14-12-10-8-6-4-2/h33-36H,3-32H2,1-2H3. The van der Waals surface area contributed by atoms with Crippen molar-refractivity contribution in [2.75, 3.05) is 13.2 Å². The number of ether oxygens (including phenoxy) is 3. The maximum Gasteiger partial charge on any atom is 0.110 e. The van der Waals surface area contributed by atoms with Gasteiger partial charge in [-0.05, 0) is 50.4 Å². The predicted octanol–water partition coefficient (Wildman–Crippen LogP) is 11.5. The third-order valence-electron chi connectivity index (χ3n) is 11.6. The average molecular weight is 575 g/mol. The fourth-order valence-electron chi connectivity index (χ4n) is 8.92. The van der Waals surface area contributed by atoms with Crippen LogP contribution in [0.25, 0.3) is 0 Å². The summed E-state index contributed by atoms with van der Waals surface area (Å²) in [7, 11) is 0. The van der Waals surface area contributed by atoms with Crippen molar-refractivity contribution in [3.63, 3.8) is 0 Å². The molecule has 4 rings (SSSR count). The Bertz CT molecular complexity index is 604. The molecule has 0 bridgehead atoms. The Morgan fingerprint density at radius 3 is 1.05 bits per heavy atom. The normalized spacial score (nSPS) is 25.9. The molecule has 2 heterocycles. The lowest BCUT2D eigenvalue weighted by molar-refractivity contribution is -0.227. The molecule has 0 amide bonds. The van der Waals surface area contributed by atoms with Crippen LogP contribution in [-0.4, -0.2) is 36.6 Å². The lowest BCUT2D eigenvalue weighted by atomic mass is 9.74. The van der Waals surface area contributed by atoms with Crippen LogP contribution in [0.4, 0.5) is 0 Å². The van der Waals surface area contributed by atoms with Crippen molar-refractivity contribution < 1.29 is 14.2 Å². The lowest BCUT2D eigenvalue weighted by Crippen LogP contribution is -2.57. The molecule has 0 aromatic carbocycles. The van der Waals surface area contributed by atoms with Crippen LogP contribution in [-0.2, 0) is 14.2 Å². The molecule has 0 aromatic rings. The van der Waals surface area contributed by atoms with Gasteiger partial charge < -0.3 is 14.2 Å². The van der Waals surface area contributed by atoms with Crippen LogP contribution in [0.5, 0.6) is 0 Å². The van der Waals surface area contributed by atoms with Gasteiger partial charge in [-0.2, -0.15) is 0 Å². The number of unbranched alkanes of at least 4 members (excludes halogenated alkanes) is 16. The molecule has 3 nitrogen and oxygen atoms in total. The number of epoxide rings is 2. The van der Waals surface area contributed by atoms with Crippen molar-refractivity contribution in [1.29, 1.82) is 0 Å². The van der Waals surface area contributed by atoms with Gasteiger partial charge in [0.15, 0.2) is 0 Å². The molecule has 240 valence electrons. The third-order valence-corrected chi connectivity index (χ3v) is 11.6. The van der Waals surface area contributed by atoms with E-state index in [0.29, 0.717) is 24.0 Å². The van der Waals surface area contributed by atoms with Crippen molar-refractivity contribution in [2.24, 2.45) is 11.8 Å². The van der Waals surface area contributed by atoms with Gasteiger partial charge in [0, 0.05) is 0 Å². The smallest absolute Gasteiger partial charge is 0.110 e. The van der Waals surface area contributed by atoms with Crippen LogP contribution in [0.15, 0.2) is 0 Å². The van der Waals surface area contributed by atoms with Gasteiger partial charge in [0.05, 0.1) is 13.2 Å². The monoisotopic (exact) mass is 575 g/mol. The van der Waals surface area contributed by atoms with Gasteiger partial charge in [-0.15, -0.1) is 0 Å². The highest BCUT2D eigenvalue weighted by Crippen LogP contribution is 2.54. The van der Waals surface area contributed by atoms with Gasteiger partial charge in [0.1, 0.15) is 23.4 Å². The first-order chi connectivity index (χ1) is 20.2. The molecule has 4 atom stereocenters. The quantitative estimate of drug-likeness (QED) is 0.0761. The van der Waals surface area contributed by atoms with E-state index in [2.05, 4.69) is 13.8 Å². The van der Waals surface area contributed by atoms with Gasteiger partial charge in [-0.3, -0.25) is 0 Å². The molecule has 4 fully saturated rings. The van der Waals surface area contributed by atoms with Gasteiger partial charge in [0.25, 0.3) is 0 Å². The van der Waals surface area contributed by atoms with E-state index in [9.17, 15) is 0 Å². The van der Waals surface area contributed by atoms with E-state index in [1.807, 2.05) is 0 Å². The first-order valence-corrected chi connectivity index (χ1v) is 19.2. The van der Waals surface area contributed by atoms with Gasteiger partial charge in [-0.25, -0.2) is 0 Å². The van der Waals surface area contributed by atoms with E-state index < -0.39 is 0 Å². The molecule has 0 aromatic heterocycles. The second kappa shape index (κ2) is 18.6. The molecule has 0 N–H and O–H groups in total. The van der Waals surface area contributed by atoms with Crippen LogP contribution >= 0.6 is 0 Å². The van der Waals surface area contributed by atoms with Crippen molar-refractivity contribution >= 4 is 0 Å². The minimum Gasteiger partial charge on any atom is -0.370 e. The van der Waals surface area contributed by atoms with Gasteiger partial charge in [-0.1, -0.05) is 155 Å². The van der Waals surface area contributed by atoms with E-state index >= 15 is 0 Å². The van der Waals surface area contributed by atoms with Crippen LogP contribution < -0.4 is 0 Å². The summed E-state index contributed by atoms with van der Waals surface area (Å²) in [4.78, 5) is 0. The molecule has 2 saturated heterocycles. The summed E-state index contributed by atoms with van der Waals surface area (Å²) in [6.07, 6.45) is 39.1. The van der Waals surface area contributed by atoms with Crippen molar-refractivity contribution in [3.05, 3.63) is 0 Å². The zero-order valence-electron chi connectivity index (χ0n) is 27.7. The summed E-state index contributed by atoms with van der Waals surface area (Å²) in [5.41, 5.74) is -0.128. The molecule has 2 aliphatic carbocycles. The van der Waals surface area contributed by atoms with Crippen LogP contribution in [0.1, 0.15) is 194 Å². The molecular formula is C38H70O3. The van der Waals surface area contributed by atoms with Gasteiger partial charge in [0.2, 0.25) is 0 Å². The lowest BCUT2D eigenvalue weighted by Gasteiger charge is -2.49. The summed E-state index contributed by atoms with van der Waals surface area (Å²) < 4.78 is 20.5. The molecule has 0 spiro atoms. The maximum atomic E-state index is 7.94. The number of rotatable bonds is 26. The molecule has 3 heteroatoms.